The number of nitrogens with zero attached hydrogens (tertiary/aromatic N) is 1. The highest BCUT2D eigenvalue weighted by molar-refractivity contribution is 9.10. The van der Waals surface area contributed by atoms with E-state index >= 15 is 0 Å². The van der Waals surface area contributed by atoms with Crippen LogP contribution in [0.2, 0.25) is 0 Å². The number of aromatic nitrogens is 1. The van der Waals surface area contributed by atoms with Gasteiger partial charge in [-0.25, -0.2) is 4.79 Å². The number of carboxylic acid groups (broad SMARTS) is 1. The fourth-order valence-electron chi connectivity index (χ4n) is 2.20. The number of hydrogen-bond acceptors (Lipinski definition) is 1. The second kappa shape index (κ2) is 3.88. The lowest BCUT2D eigenvalue weighted by Crippen LogP contribution is -2.09. The van der Waals surface area contributed by atoms with Crippen molar-refractivity contribution in [3.8, 4) is 0 Å². The van der Waals surface area contributed by atoms with Crippen molar-refractivity contribution in [2.45, 2.75) is 19.4 Å². The highest BCUT2D eigenvalue weighted by Gasteiger charge is 2.25. The molecule has 1 N–H and O–H groups in total. The molecule has 1 aliphatic rings. The summed E-state index contributed by atoms with van der Waals surface area (Å²) in [6.45, 7) is 0.813. The van der Waals surface area contributed by atoms with E-state index in [1.165, 1.54) is 12.8 Å². The normalized spacial score (nSPS) is 15.4. The number of aromatic carboxylic acids is 1. The van der Waals surface area contributed by atoms with Crippen molar-refractivity contribution in [3.63, 3.8) is 0 Å². The van der Waals surface area contributed by atoms with Crippen LogP contribution in [-0.2, 0) is 6.54 Å². The smallest absolute Gasteiger partial charge is 0.352 e. The molecule has 2 aromatic rings. The molecule has 3 rings (SSSR count). The predicted octanol–water partition coefficient (Wildman–Crippen LogP) is 3.51. The van der Waals surface area contributed by atoms with Gasteiger partial charge < -0.3 is 9.67 Å². The van der Waals surface area contributed by atoms with Crippen LogP contribution in [0.1, 0.15) is 23.3 Å². The Hall–Kier alpha value is -1.29. The lowest BCUT2D eigenvalue weighted by molar-refractivity contribution is 0.0685. The molecule has 0 spiro atoms. The Morgan fingerprint density at radius 1 is 1.47 bits per heavy atom. The third-order valence-electron chi connectivity index (χ3n) is 3.23. The summed E-state index contributed by atoms with van der Waals surface area (Å²) in [5.41, 5.74) is 1.38. The maximum Gasteiger partial charge on any atom is 0.352 e. The lowest BCUT2D eigenvalue weighted by atomic mass is 10.2. The Morgan fingerprint density at radius 2 is 2.24 bits per heavy atom. The van der Waals surface area contributed by atoms with E-state index in [9.17, 15) is 9.90 Å². The number of carboxylic acids is 1. The number of hydrogen-bond donors (Lipinski definition) is 1. The quantitative estimate of drug-likeness (QED) is 0.941. The van der Waals surface area contributed by atoms with E-state index in [1.54, 1.807) is 6.07 Å². The van der Waals surface area contributed by atoms with Crippen molar-refractivity contribution in [1.29, 1.82) is 0 Å². The minimum atomic E-state index is -0.853. The summed E-state index contributed by atoms with van der Waals surface area (Å²) >= 11 is 3.51. The number of benzene rings is 1. The highest BCUT2D eigenvalue weighted by atomic mass is 79.9. The number of rotatable bonds is 3. The van der Waals surface area contributed by atoms with Gasteiger partial charge in [0.05, 0.1) is 5.52 Å². The zero-order valence-corrected chi connectivity index (χ0v) is 10.8. The average molecular weight is 294 g/mol. The van der Waals surface area contributed by atoms with Gasteiger partial charge in [0.2, 0.25) is 0 Å². The van der Waals surface area contributed by atoms with Crippen LogP contribution in [0.5, 0.6) is 0 Å². The molecule has 4 heteroatoms. The predicted molar refractivity (Wildman–Crippen MR) is 69.3 cm³/mol. The molecule has 1 aromatic carbocycles. The lowest BCUT2D eigenvalue weighted by Gasteiger charge is -2.08. The van der Waals surface area contributed by atoms with Gasteiger partial charge in [-0.15, -0.1) is 0 Å². The van der Waals surface area contributed by atoms with Crippen molar-refractivity contribution < 1.29 is 9.90 Å². The Bertz CT molecular complexity index is 599. The zero-order chi connectivity index (χ0) is 12.0. The van der Waals surface area contributed by atoms with Crippen LogP contribution in [0, 0.1) is 5.92 Å². The van der Waals surface area contributed by atoms with Crippen LogP contribution in [0.3, 0.4) is 0 Å². The van der Waals surface area contributed by atoms with Crippen LogP contribution in [0.4, 0.5) is 0 Å². The average Bonchev–Trinajstić information content (AvgIpc) is 2.99. The molecule has 0 radical (unpaired) electrons. The maximum absolute atomic E-state index is 11.3. The van der Waals surface area contributed by atoms with Gasteiger partial charge in [0.1, 0.15) is 5.69 Å². The van der Waals surface area contributed by atoms with E-state index < -0.39 is 5.97 Å². The summed E-state index contributed by atoms with van der Waals surface area (Å²) in [4.78, 5) is 11.3. The summed E-state index contributed by atoms with van der Waals surface area (Å²) < 4.78 is 2.89. The molecule has 0 aliphatic heterocycles. The minimum absolute atomic E-state index is 0.388. The highest BCUT2D eigenvalue weighted by Crippen LogP contribution is 2.35. The number of halogens is 1. The third kappa shape index (κ3) is 1.86. The van der Waals surface area contributed by atoms with Crippen molar-refractivity contribution in [2.75, 3.05) is 0 Å². The molecule has 0 atom stereocenters. The minimum Gasteiger partial charge on any atom is -0.477 e. The first-order valence-electron chi connectivity index (χ1n) is 5.68. The molecular formula is C13H12BrNO2. The second-order valence-electron chi connectivity index (χ2n) is 4.57. The van der Waals surface area contributed by atoms with Gasteiger partial charge in [-0.3, -0.25) is 0 Å². The SMILES string of the molecule is O=C(O)c1cc2cccc(Br)c2n1CC1CC1. The van der Waals surface area contributed by atoms with E-state index in [0.29, 0.717) is 11.6 Å². The Morgan fingerprint density at radius 3 is 2.88 bits per heavy atom. The summed E-state index contributed by atoms with van der Waals surface area (Å²) in [6.07, 6.45) is 2.42. The monoisotopic (exact) mass is 293 g/mol. The number of para-hydroxylation sites is 1. The molecule has 1 aliphatic carbocycles. The Labute approximate surface area is 107 Å². The molecule has 0 amide bonds. The van der Waals surface area contributed by atoms with E-state index in [1.807, 2.05) is 22.8 Å². The Kier molecular flexibility index (Phi) is 2.47. The van der Waals surface area contributed by atoms with E-state index in [0.717, 1.165) is 21.9 Å². The standard InChI is InChI=1S/C13H12BrNO2/c14-10-3-1-2-9-6-11(13(16)17)15(12(9)10)7-8-4-5-8/h1-3,6,8H,4-5,7H2,(H,16,17). The largest absolute Gasteiger partial charge is 0.477 e. The van der Waals surface area contributed by atoms with Crippen LogP contribution < -0.4 is 0 Å². The van der Waals surface area contributed by atoms with Gasteiger partial charge in [0, 0.05) is 16.4 Å². The summed E-state index contributed by atoms with van der Waals surface area (Å²) in [7, 11) is 0. The molecule has 0 bridgehead atoms. The molecule has 1 fully saturated rings. The first kappa shape index (κ1) is 10.8. The fourth-order valence-corrected chi connectivity index (χ4v) is 2.80. The summed E-state index contributed by atoms with van der Waals surface area (Å²) in [6, 6.07) is 7.59. The first-order chi connectivity index (χ1) is 8.16. The van der Waals surface area contributed by atoms with E-state index in [4.69, 9.17) is 0 Å². The van der Waals surface area contributed by atoms with Crippen LogP contribution in [0.25, 0.3) is 10.9 Å². The second-order valence-corrected chi connectivity index (χ2v) is 5.42. The molecule has 1 saturated carbocycles. The number of carbonyl (C=O) groups is 1. The number of fused-ring (bicyclic) bond motifs is 1. The van der Waals surface area contributed by atoms with Crippen LogP contribution in [0.15, 0.2) is 28.7 Å². The van der Waals surface area contributed by atoms with Gasteiger partial charge in [-0.2, -0.15) is 0 Å². The molecule has 0 saturated heterocycles. The van der Waals surface area contributed by atoms with Gasteiger partial charge in [0.25, 0.3) is 0 Å². The molecule has 0 unspecified atom stereocenters. The molecule has 88 valence electrons. The molecule has 3 nitrogen and oxygen atoms in total. The topological polar surface area (TPSA) is 42.2 Å². The van der Waals surface area contributed by atoms with Crippen LogP contribution in [-0.4, -0.2) is 15.6 Å². The zero-order valence-electron chi connectivity index (χ0n) is 9.19. The van der Waals surface area contributed by atoms with E-state index in [2.05, 4.69) is 15.9 Å². The van der Waals surface area contributed by atoms with E-state index in [-0.39, 0.29) is 0 Å². The van der Waals surface area contributed by atoms with Crippen LogP contribution >= 0.6 is 15.9 Å². The maximum atomic E-state index is 11.3. The molecule has 1 aromatic heterocycles. The molecular weight excluding hydrogens is 282 g/mol. The van der Waals surface area contributed by atoms with Gasteiger partial charge in [0.15, 0.2) is 0 Å². The van der Waals surface area contributed by atoms with Crippen molar-refractivity contribution in [2.24, 2.45) is 5.92 Å². The molecule has 1 heterocycles. The van der Waals surface area contributed by atoms with Crippen molar-refractivity contribution >= 4 is 32.8 Å². The van der Waals surface area contributed by atoms with Crippen molar-refractivity contribution in [3.05, 3.63) is 34.4 Å². The third-order valence-corrected chi connectivity index (χ3v) is 3.87. The van der Waals surface area contributed by atoms with Gasteiger partial charge >= 0.3 is 5.97 Å². The van der Waals surface area contributed by atoms with Crippen molar-refractivity contribution in [1.82, 2.24) is 4.57 Å². The summed E-state index contributed by atoms with van der Waals surface area (Å²) in [5, 5.41) is 10.2. The van der Waals surface area contributed by atoms with Gasteiger partial charge in [-0.05, 0) is 46.8 Å². The first-order valence-corrected chi connectivity index (χ1v) is 6.47. The summed E-state index contributed by atoms with van der Waals surface area (Å²) in [5.74, 6) is -0.204. The Balaban J connectivity index is 2.24. The molecule has 17 heavy (non-hydrogen) atoms. The fraction of sp³-hybridized carbons (Fsp3) is 0.308. The van der Waals surface area contributed by atoms with Gasteiger partial charge in [-0.1, -0.05) is 12.1 Å².